The molecule has 0 aliphatic heterocycles. The summed E-state index contributed by atoms with van der Waals surface area (Å²) < 4.78 is 4.74. The first-order chi connectivity index (χ1) is 10.6. The summed E-state index contributed by atoms with van der Waals surface area (Å²) in [5, 5.41) is 10.9. The van der Waals surface area contributed by atoms with Crippen LogP contribution in [0.2, 0.25) is 0 Å². The zero-order valence-electron chi connectivity index (χ0n) is 12.4. The summed E-state index contributed by atoms with van der Waals surface area (Å²) in [5.74, 6) is -1.59. The molecule has 6 heteroatoms. The predicted molar refractivity (Wildman–Crippen MR) is 81.0 cm³/mol. The van der Waals surface area contributed by atoms with Gasteiger partial charge < -0.3 is 9.53 Å². The van der Waals surface area contributed by atoms with Crippen LogP contribution < -0.4 is 0 Å². The molecule has 6 nitrogen and oxygen atoms in total. The number of carbonyl (C=O) groups excluding carboxylic acids is 2. The van der Waals surface area contributed by atoms with Gasteiger partial charge in [0.1, 0.15) is 6.29 Å². The molecule has 1 rings (SSSR count). The van der Waals surface area contributed by atoms with Crippen LogP contribution in [-0.4, -0.2) is 30.3 Å². The Kier molecular flexibility index (Phi) is 7.53. The predicted octanol–water partition coefficient (Wildman–Crippen LogP) is 2.37. The fourth-order valence-electron chi connectivity index (χ4n) is 2.18. The number of esters is 1. The zero-order chi connectivity index (χ0) is 16.4. The first-order valence-electron chi connectivity index (χ1n) is 7.03. The van der Waals surface area contributed by atoms with Crippen LogP contribution >= 0.6 is 0 Å². The van der Waals surface area contributed by atoms with Crippen LogP contribution in [-0.2, 0) is 14.3 Å². The molecular formula is C16H19NO5. The highest BCUT2D eigenvalue weighted by Gasteiger charge is 2.26. The van der Waals surface area contributed by atoms with Crippen molar-refractivity contribution in [3.63, 3.8) is 0 Å². The van der Waals surface area contributed by atoms with Crippen molar-refractivity contribution in [2.24, 2.45) is 5.92 Å². The molecule has 2 atom stereocenters. The SMILES string of the molecule is CCOC(=O)/C=C/C[C@@H](C=O)[C@@H](C[N+](=O)[O-])c1ccccc1. The highest BCUT2D eigenvalue weighted by atomic mass is 16.6. The third-order valence-electron chi connectivity index (χ3n) is 3.21. The Morgan fingerprint density at radius 3 is 2.59 bits per heavy atom. The lowest BCUT2D eigenvalue weighted by atomic mass is 9.84. The smallest absolute Gasteiger partial charge is 0.330 e. The molecule has 0 saturated heterocycles. The van der Waals surface area contributed by atoms with E-state index < -0.39 is 22.7 Å². The van der Waals surface area contributed by atoms with Gasteiger partial charge in [0.05, 0.1) is 12.5 Å². The molecule has 0 bridgehead atoms. The van der Waals surface area contributed by atoms with Crippen molar-refractivity contribution in [2.45, 2.75) is 19.3 Å². The molecule has 0 fully saturated rings. The van der Waals surface area contributed by atoms with Crippen molar-refractivity contribution in [1.29, 1.82) is 0 Å². The number of hydrogen-bond acceptors (Lipinski definition) is 5. The standard InChI is InChI=1S/C16H19NO5/c1-2-22-16(19)10-6-9-14(12-18)15(11-17(20)21)13-7-4-3-5-8-13/h3-8,10,12,14-15H,2,9,11H2,1H3/b10-6+/t14-,15-/m0/s1. The Labute approximate surface area is 128 Å². The highest BCUT2D eigenvalue weighted by molar-refractivity contribution is 5.81. The van der Waals surface area contributed by atoms with Crippen LogP contribution in [0.1, 0.15) is 24.8 Å². The summed E-state index contributed by atoms with van der Waals surface area (Å²) in [6, 6.07) is 8.89. The molecule has 1 aromatic rings. The maximum atomic E-state index is 11.3. The molecule has 0 amide bonds. The number of ether oxygens (including phenoxy) is 1. The van der Waals surface area contributed by atoms with E-state index in [0.717, 1.165) is 5.56 Å². The summed E-state index contributed by atoms with van der Waals surface area (Å²) >= 11 is 0. The van der Waals surface area contributed by atoms with Gasteiger partial charge in [0.25, 0.3) is 0 Å². The first-order valence-corrected chi connectivity index (χ1v) is 7.03. The van der Waals surface area contributed by atoms with Gasteiger partial charge in [-0.15, -0.1) is 0 Å². The topological polar surface area (TPSA) is 86.5 Å². The normalized spacial score (nSPS) is 13.5. The minimum atomic E-state index is -0.571. The molecule has 0 aliphatic rings. The summed E-state index contributed by atoms with van der Waals surface area (Å²) in [4.78, 5) is 33.0. The lowest BCUT2D eigenvalue weighted by molar-refractivity contribution is -0.484. The van der Waals surface area contributed by atoms with Gasteiger partial charge in [0, 0.05) is 16.9 Å². The number of hydrogen-bond donors (Lipinski definition) is 0. The van der Waals surface area contributed by atoms with E-state index in [1.165, 1.54) is 12.2 Å². The average Bonchev–Trinajstić information content (AvgIpc) is 2.50. The minimum absolute atomic E-state index is 0.246. The lowest BCUT2D eigenvalue weighted by Gasteiger charge is -2.18. The number of allylic oxidation sites excluding steroid dienone is 1. The second-order valence-corrected chi connectivity index (χ2v) is 4.72. The monoisotopic (exact) mass is 305 g/mol. The van der Waals surface area contributed by atoms with Crippen molar-refractivity contribution in [1.82, 2.24) is 0 Å². The fourth-order valence-corrected chi connectivity index (χ4v) is 2.18. The number of carbonyl (C=O) groups is 2. The Balaban J connectivity index is 2.83. The van der Waals surface area contributed by atoms with E-state index in [0.29, 0.717) is 6.29 Å². The third-order valence-corrected chi connectivity index (χ3v) is 3.21. The van der Waals surface area contributed by atoms with Crippen LogP contribution in [0.5, 0.6) is 0 Å². The fraction of sp³-hybridized carbons (Fsp3) is 0.375. The van der Waals surface area contributed by atoms with E-state index in [4.69, 9.17) is 4.74 Å². The summed E-state index contributed by atoms with van der Waals surface area (Å²) in [6.45, 7) is 1.64. The van der Waals surface area contributed by atoms with Gasteiger partial charge in [-0.25, -0.2) is 4.79 Å². The Bertz CT molecular complexity index is 527. The van der Waals surface area contributed by atoms with E-state index in [-0.39, 0.29) is 19.6 Å². The van der Waals surface area contributed by atoms with Crippen molar-refractivity contribution in [3.8, 4) is 0 Å². The quantitative estimate of drug-likeness (QED) is 0.230. The van der Waals surface area contributed by atoms with E-state index in [9.17, 15) is 19.7 Å². The van der Waals surface area contributed by atoms with Crippen molar-refractivity contribution >= 4 is 12.3 Å². The third kappa shape index (κ3) is 5.87. The van der Waals surface area contributed by atoms with Crippen LogP contribution in [0.4, 0.5) is 0 Å². The van der Waals surface area contributed by atoms with Gasteiger partial charge in [-0.05, 0) is 18.9 Å². The Morgan fingerprint density at radius 1 is 1.36 bits per heavy atom. The largest absolute Gasteiger partial charge is 0.463 e. The molecule has 0 spiro atoms. The molecule has 1 aromatic carbocycles. The van der Waals surface area contributed by atoms with E-state index in [1.807, 2.05) is 6.07 Å². The van der Waals surface area contributed by atoms with Crippen molar-refractivity contribution in [2.75, 3.05) is 13.2 Å². The number of nitro groups is 1. The van der Waals surface area contributed by atoms with E-state index in [1.54, 1.807) is 31.2 Å². The van der Waals surface area contributed by atoms with Gasteiger partial charge in [0.15, 0.2) is 0 Å². The lowest BCUT2D eigenvalue weighted by Crippen LogP contribution is -2.22. The Morgan fingerprint density at radius 2 is 2.05 bits per heavy atom. The maximum Gasteiger partial charge on any atom is 0.330 e. The second kappa shape index (κ2) is 9.44. The van der Waals surface area contributed by atoms with Crippen LogP contribution in [0.15, 0.2) is 42.5 Å². The summed E-state index contributed by atoms with van der Waals surface area (Å²) in [7, 11) is 0. The molecule has 0 aliphatic carbocycles. The molecular weight excluding hydrogens is 286 g/mol. The summed E-state index contributed by atoms with van der Waals surface area (Å²) in [5.41, 5.74) is 0.737. The minimum Gasteiger partial charge on any atom is -0.463 e. The highest BCUT2D eigenvalue weighted by Crippen LogP contribution is 2.26. The number of rotatable bonds is 9. The molecule has 0 unspecified atom stereocenters. The number of aldehydes is 1. The molecule has 0 N–H and O–H groups in total. The number of benzene rings is 1. The first kappa shape index (κ1) is 17.6. The van der Waals surface area contributed by atoms with Crippen molar-refractivity contribution in [3.05, 3.63) is 58.2 Å². The Hall–Kier alpha value is -2.50. The van der Waals surface area contributed by atoms with Gasteiger partial charge in [0.2, 0.25) is 6.54 Å². The molecule has 22 heavy (non-hydrogen) atoms. The number of nitrogens with zero attached hydrogens (tertiary/aromatic N) is 1. The molecule has 0 saturated carbocycles. The zero-order valence-corrected chi connectivity index (χ0v) is 12.4. The van der Waals surface area contributed by atoms with Crippen LogP contribution in [0, 0.1) is 16.0 Å². The second-order valence-electron chi connectivity index (χ2n) is 4.72. The van der Waals surface area contributed by atoms with Gasteiger partial charge in [-0.1, -0.05) is 36.4 Å². The average molecular weight is 305 g/mol. The van der Waals surface area contributed by atoms with Crippen LogP contribution in [0.3, 0.4) is 0 Å². The van der Waals surface area contributed by atoms with E-state index in [2.05, 4.69) is 0 Å². The van der Waals surface area contributed by atoms with Crippen molar-refractivity contribution < 1.29 is 19.2 Å². The molecule has 0 heterocycles. The molecule has 0 aromatic heterocycles. The maximum absolute atomic E-state index is 11.3. The van der Waals surface area contributed by atoms with Gasteiger partial charge in [-0.3, -0.25) is 10.1 Å². The van der Waals surface area contributed by atoms with E-state index >= 15 is 0 Å². The van der Waals surface area contributed by atoms with Gasteiger partial charge in [-0.2, -0.15) is 0 Å². The van der Waals surface area contributed by atoms with Crippen LogP contribution in [0.25, 0.3) is 0 Å². The molecule has 118 valence electrons. The molecule has 0 radical (unpaired) electrons. The van der Waals surface area contributed by atoms with Gasteiger partial charge >= 0.3 is 5.97 Å². The summed E-state index contributed by atoms with van der Waals surface area (Å²) in [6.07, 6.45) is 3.72.